The summed E-state index contributed by atoms with van der Waals surface area (Å²) in [7, 11) is 0. The smallest absolute Gasteiger partial charge is 0.104 e. The van der Waals surface area contributed by atoms with Gasteiger partial charge < -0.3 is 20.5 Å². The second-order valence-electron chi connectivity index (χ2n) is 4.44. The van der Waals surface area contributed by atoms with Crippen molar-refractivity contribution < 1.29 is 10.2 Å². The molecule has 1 aromatic heterocycles. The van der Waals surface area contributed by atoms with Gasteiger partial charge in [-0.2, -0.15) is 0 Å². The zero-order valence-electron chi connectivity index (χ0n) is 10.5. The third-order valence-corrected chi connectivity index (χ3v) is 2.95. The summed E-state index contributed by atoms with van der Waals surface area (Å²) in [5.41, 5.74) is 3.23. The number of aromatic nitrogens is 2. The first-order chi connectivity index (χ1) is 8.72. The molecular weight excluding hydrogens is 230 g/mol. The summed E-state index contributed by atoms with van der Waals surface area (Å²) >= 11 is 0. The number of aryl methyl sites for hydroxylation is 1. The van der Waals surface area contributed by atoms with Gasteiger partial charge >= 0.3 is 0 Å². The van der Waals surface area contributed by atoms with Gasteiger partial charge in [-0.3, -0.25) is 0 Å². The highest BCUT2D eigenvalue weighted by Gasteiger charge is 2.05. The Morgan fingerprint density at radius 3 is 2.83 bits per heavy atom. The number of benzene rings is 1. The van der Waals surface area contributed by atoms with Crippen LogP contribution in [0.3, 0.4) is 0 Å². The molecule has 0 saturated heterocycles. The van der Waals surface area contributed by atoms with E-state index in [9.17, 15) is 0 Å². The van der Waals surface area contributed by atoms with Crippen molar-refractivity contribution in [2.24, 2.45) is 0 Å². The van der Waals surface area contributed by atoms with Gasteiger partial charge in [0.1, 0.15) is 5.82 Å². The minimum absolute atomic E-state index is 0.0464. The lowest BCUT2D eigenvalue weighted by molar-refractivity contribution is 0.171. The molecule has 0 amide bonds. The molecule has 0 fully saturated rings. The number of rotatable bonds is 6. The molecule has 2 rings (SSSR count). The van der Waals surface area contributed by atoms with Gasteiger partial charge in [0.05, 0.1) is 30.3 Å². The number of hydrogen-bond donors (Lipinski definition) is 4. The molecule has 0 aliphatic rings. The van der Waals surface area contributed by atoms with Crippen LogP contribution in [-0.2, 0) is 6.42 Å². The van der Waals surface area contributed by atoms with Gasteiger partial charge in [-0.25, -0.2) is 4.98 Å². The van der Waals surface area contributed by atoms with Crippen LogP contribution in [0.1, 0.15) is 11.4 Å². The van der Waals surface area contributed by atoms with Crippen LogP contribution in [0, 0.1) is 6.92 Å². The van der Waals surface area contributed by atoms with Crippen molar-refractivity contribution in [1.29, 1.82) is 0 Å². The number of imidazole rings is 1. The summed E-state index contributed by atoms with van der Waals surface area (Å²) in [5, 5.41) is 21.0. The Morgan fingerprint density at radius 1 is 1.33 bits per heavy atom. The fourth-order valence-corrected chi connectivity index (χ4v) is 1.95. The molecule has 2 aromatic rings. The maximum Gasteiger partial charge on any atom is 0.104 e. The molecule has 0 radical (unpaired) electrons. The van der Waals surface area contributed by atoms with Crippen LogP contribution in [0.25, 0.3) is 11.0 Å². The Morgan fingerprint density at radius 2 is 2.11 bits per heavy atom. The van der Waals surface area contributed by atoms with Gasteiger partial charge in [0, 0.05) is 0 Å². The Balaban J connectivity index is 1.95. The average Bonchev–Trinajstić information content (AvgIpc) is 2.74. The van der Waals surface area contributed by atoms with E-state index in [0.717, 1.165) is 29.8 Å². The van der Waals surface area contributed by atoms with Crippen molar-refractivity contribution in [1.82, 2.24) is 15.3 Å². The maximum absolute atomic E-state index is 8.93. The first-order valence-corrected chi connectivity index (χ1v) is 6.13. The van der Waals surface area contributed by atoms with Gasteiger partial charge in [0.15, 0.2) is 0 Å². The molecular formula is C13H19N3O2. The Hall–Kier alpha value is -1.43. The number of aliphatic hydroxyl groups is 2. The van der Waals surface area contributed by atoms with Gasteiger partial charge in [-0.05, 0) is 37.6 Å². The van der Waals surface area contributed by atoms with Crippen molar-refractivity contribution in [3.63, 3.8) is 0 Å². The summed E-state index contributed by atoms with van der Waals surface area (Å²) in [6.45, 7) is 2.57. The third kappa shape index (κ3) is 3.07. The fraction of sp³-hybridized carbons (Fsp3) is 0.462. The second-order valence-corrected chi connectivity index (χ2v) is 4.44. The quantitative estimate of drug-likeness (QED) is 0.596. The largest absolute Gasteiger partial charge is 0.395 e. The van der Waals surface area contributed by atoms with Crippen LogP contribution in [0.2, 0.25) is 0 Å². The first-order valence-electron chi connectivity index (χ1n) is 6.13. The van der Waals surface area contributed by atoms with E-state index in [2.05, 4.69) is 27.4 Å². The zero-order chi connectivity index (χ0) is 13.0. The Kier molecular flexibility index (Phi) is 4.30. The van der Waals surface area contributed by atoms with E-state index in [-0.39, 0.29) is 19.3 Å². The molecule has 4 N–H and O–H groups in total. The van der Waals surface area contributed by atoms with E-state index in [1.165, 1.54) is 5.56 Å². The average molecular weight is 249 g/mol. The number of nitrogens with zero attached hydrogens (tertiary/aromatic N) is 1. The maximum atomic E-state index is 8.93. The van der Waals surface area contributed by atoms with E-state index in [1.807, 2.05) is 13.0 Å². The predicted molar refractivity (Wildman–Crippen MR) is 70.5 cm³/mol. The molecule has 0 saturated carbocycles. The zero-order valence-corrected chi connectivity index (χ0v) is 10.5. The van der Waals surface area contributed by atoms with E-state index in [4.69, 9.17) is 10.2 Å². The van der Waals surface area contributed by atoms with Crippen LogP contribution in [-0.4, -0.2) is 46.0 Å². The topological polar surface area (TPSA) is 81.2 Å². The Labute approximate surface area is 106 Å². The van der Waals surface area contributed by atoms with Crippen molar-refractivity contribution >= 4 is 11.0 Å². The number of hydrogen-bond acceptors (Lipinski definition) is 4. The second kappa shape index (κ2) is 5.95. The van der Waals surface area contributed by atoms with E-state index in [0.29, 0.717) is 0 Å². The number of fused-ring (bicyclic) bond motifs is 1. The van der Waals surface area contributed by atoms with E-state index >= 15 is 0 Å². The lowest BCUT2D eigenvalue weighted by Crippen LogP contribution is -2.36. The molecule has 0 spiro atoms. The van der Waals surface area contributed by atoms with Crippen molar-refractivity contribution in [3.05, 3.63) is 29.6 Å². The van der Waals surface area contributed by atoms with Crippen molar-refractivity contribution in [2.45, 2.75) is 19.4 Å². The highest BCUT2D eigenvalue weighted by molar-refractivity contribution is 5.75. The molecule has 1 heterocycles. The summed E-state index contributed by atoms with van der Waals surface area (Å²) < 4.78 is 0. The number of H-pyrrole nitrogens is 1. The molecule has 1 aromatic carbocycles. The number of aromatic amines is 1. The molecule has 5 nitrogen and oxygen atoms in total. The summed E-state index contributed by atoms with van der Waals surface area (Å²) in [4.78, 5) is 7.56. The monoisotopic (exact) mass is 249 g/mol. The van der Waals surface area contributed by atoms with Gasteiger partial charge in [-0.1, -0.05) is 6.07 Å². The van der Waals surface area contributed by atoms with Gasteiger partial charge in [0.25, 0.3) is 0 Å². The first kappa shape index (κ1) is 13.0. The minimum atomic E-state index is -0.233. The summed E-state index contributed by atoms with van der Waals surface area (Å²) in [6.07, 6.45) is 0.852. The SMILES string of the molecule is Cc1nc2ccc(CCNC(CO)CO)cc2[nH]1. The van der Waals surface area contributed by atoms with E-state index in [1.54, 1.807) is 0 Å². The molecule has 0 atom stereocenters. The fourth-order valence-electron chi connectivity index (χ4n) is 1.95. The molecule has 18 heavy (non-hydrogen) atoms. The summed E-state index contributed by atoms with van der Waals surface area (Å²) in [5.74, 6) is 0.918. The van der Waals surface area contributed by atoms with Gasteiger partial charge in [-0.15, -0.1) is 0 Å². The van der Waals surface area contributed by atoms with E-state index < -0.39 is 0 Å². The van der Waals surface area contributed by atoms with Crippen LogP contribution < -0.4 is 5.32 Å². The third-order valence-electron chi connectivity index (χ3n) is 2.95. The lowest BCUT2D eigenvalue weighted by atomic mass is 10.1. The standard InChI is InChI=1S/C13H19N3O2/c1-9-15-12-3-2-10(6-13(12)16-9)4-5-14-11(7-17)8-18/h2-3,6,11,14,17-18H,4-5,7-8H2,1H3,(H,15,16). The molecule has 5 heteroatoms. The molecule has 0 unspecified atom stereocenters. The van der Waals surface area contributed by atoms with Crippen molar-refractivity contribution in [3.8, 4) is 0 Å². The minimum Gasteiger partial charge on any atom is -0.395 e. The molecule has 0 bridgehead atoms. The van der Waals surface area contributed by atoms with Crippen LogP contribution >= 0.6 is 0 Å². The van der Waals surface area contributed by atoms with Crippen LogP contribution in [0.15, 0.2) is 18.2 Å². The van der Waals surface area contributed by atoms with Gasteiger partial charge in [0.2, 0.25) is 0 Å². The van der Waals surface area contributed by atoms with Crippen molar-refractivity contribution in [2.75, 3.05) is 19.8 Å². The summed E-state index contributed by atoms with van der Waals surface area (Å²) in [6, 6.07) is 5.91. The predicted octanol–water partition coefficient (Wildman–Crippen LogP) is 0.357. The molecule has 98 valence electrons. The molecule has 0 aliphatic heterocycles. The highest BCUT2D eigenvalue weighted by atomic mass is 16.3. The Bertz CT molecular complexity index is 506. The van der Waals surface area contributed by atoms with Crippen LogP contribution in [0.4, 0.5) is 0 Å². The normalized spacial score (nSPS) is 11.6. The lowest BCUT2D eigenvalue weighted by Gasteiger charge is -2.12. The van der Waals surface area contributed by atoms with Crippen LogP contribution in [0.5, 0.6) is 0 Å². The highest BCUT2D eigenvalue weighted by Crippen LogP contribution is 2.13. The number of nitrogens with one attached hydrogen (secondary N) is 2. The molecule has 0 aliphatic carbocycles. The number of aliphatic hydroxyl groups excluding tert-OH is 2.